The number of nitrogens with two attached hydrogens (primary N) is 2. The zero-order chi connectivity index (χ0) is 16.9. The molecule has 1 saturated heterocycles. The fourth-order valence-electron chi connectivity index (χ4n) is 1.53. The number of hydrogen-bond acceptors (Lipinski definition) is 9. The first-order valence-electron chi connectivity index (χ1n) is 5.43. The molecule has 0 aromatic rings. The second-order valence-corrected chi connectivity index (χ2v) is 6.07. The SMILES string of the molecule is CCC1(C(N)=O)OCCNC1N.O=S(=O)(O)OS(=O)(=O)O. The van der Waals surface area contributed by atoms with Gasteiger partial charge < -0.3 is 16.2 Å². The molecule has 1 aliphatic heterocycles. The molecule has 2 unspecified atom stereocenters. The van der Waals surface area contributed by atoms with Crippen LogP contribution in [0.1, 0.15) is 13.3 Å². The zero-order valence-corrected chi connectivity index (χ0v) is 12.6. The molecule has 0 aromatic carbocycles. The molecule has 7 N–H and O–H groups in total. The largest absolute Gasteiger partial charge is 0.413 e. The molecule has 0 aliphatic carbocycles. The average Bonchev–Trinajstić information content (AvgIpc) is 2.25. The lowest BCUT2D eigenvalue weighted by Gasteiger charge is -2.39. The minimum atomic E-state index is -5.12. The Morgan fingerprint density at radius 2 is 1.86 bits per heavy atom. The number of primary amides is 1. The third kappa shape index (κ3) is 7.09. The van der Waals surface area contributed by atoms with Crippen LogP contribution >= 0.6 is 0 Å². The number of carbonyl (C=O) groups excluding carboxylic acids is 1. The summed E-state index contributed by atoms with van der Waals surface area (Å²) in [6, 6.07) is 0. The maximum atomic E-state index is 11.1. The van der Waals surface area contributed by atoms with Gasteiger partial charge in [0.15, 0.2) is 5.60 Å². The van der Waals surface area contributed by atoms with Gasteiger partial charge in [0.25, 0.3) is 5.91 Å². The van der Waals surface area contributed by atoms with E-state index in [2.05, 4.69) is 8.95 Å². The van der Waals surface area contributed by atoms with Gasteiger partial charge >= 0.3 is 20.8 Å². The normalized spacial score (nSPS) is 26.6. The van der Waals surface area contributed by atoms with Gasteiger partial charge in [-0.25, -0.2) is 0 Å². The van der Waals surface area contributed by atoms with Gasteiger partial charge in [0.1, 0.15) is 0 Å². The lowest BCUT2D eigenvalue weighted by atomic mass is 9.94. The van der Waals surface area contributed by atoms with Crippen LogP contribution < -0.4 is 16.8 Å². The molecule has 12 nitrogen and oxygen atoms in total. The van der Waals surface area contributed by atoms with Crippen molar-refractivity contribution in [2.24, 2.45) is 11.5 Å². The lowest BCUT2D eigenvalue weighted by Crippen LogP contribution is -2.67. The van der Waals surface area contributed by atoms with Crippen LogP contribution in [0, 0.1) is 0 Å². The van der Waals surface area contributed by atoms with Crippen molar-refractivity contribution in [3.63, 3.8) is 0 Å². The number of nitrogens with one attached hydrogen (secondary N) is 1. The molecule has 1 heterocycles. The summed E-state index contributed by atoms with van der Waals surface area (Å²) in [5.41, 5.74) is 9.89. The summed E-state index contributed by atoms with van der Waals surface area (Å²) in [5, 5.41) is 2.96. The predicted molar refractivity (Wildman–Crippen MR) is 68.3 cm³/mol. The Bertz CT molecular complexity index is 530. The van der Waals surface area contributed by atoms with Crippen LogP contribution in [0.4, 0.5) is 0 Å². The highest BCUT2D eigenvalue weighted by Gasteiger charge is 2.44. The standard InChI is InChI=1S/C7H15N3O2.H2O7S2/c1-2-7(6(9)11)5(8)10-3-4-12-7;1-8(2,3)7-9(4,5)6/h5,10H,2-4,8H2,1H3,(H2,9,11);(H,1,2,3)(H,4,5,6). The fraction of sp³-hybridized carbons (Fsp3) is 0.857. The Morgan fingerprint density at radius 3 is 2.05 bits per heavy atom. The van der Waals surface area contributed by atoms with Crippen LogP contribution in [-0.2, 0) is 34.0 Å². The summed E-state index contributed by atoms with van der Waals surface area (Å²) in [5.74, 6) is -0.496. The Labute approximate surface area is 121 Å². The van der Waals surface area contributed by atoms with Crippen molar-refractivity contribution in [1.29, 1.82) is 0 Å². The van der Waals surface area contributed by atoms with E-state index in [9.17, 15) is 21.6 Å². The minimum Gasteiger partial charge on any atom is -0.367 e. The third-order valence-electron chi connectivity index (χ3n) is 2.44. The topological polar surface area (TPSA) is 208 Å². The summed E-state index contributed by atoms with van der Waals surface area (Å²) in [4.78, 5) is 11.1. The number of hydrogen-bond donors (Lipinski definition) is 5. The zero-order valence-electron chi connectivity index (χ0n) is 10.9. The van der Waals surface area contributed by atoms with E-state index in [0.717, 1.165) is 0 Å². The van der Waals surface area contributed by atoms with E-state index >= 15 is 0 Å². The van der Waals surface area contributed by atoms with Crippen molar-refractivity contribution >= 4 is 26.7 Å². The Hall–Kier alpha value is -0.870. The molecular weight excluding hydrogens is 334 g/mol. The number of amides is 1. The second-order valence-electron chi connectivity index (χ2n) is 3.81. The van der Waals surface area contributed by atoms with Crippen molar-refractivity contribution in [2.45, 2.75) is 25.1 Å². The molecule has 0 saturated carbocycles. The summed E-state index contributed by atoms with van der Waals surface area (Å²) >= 11 is 0. The maximum Gasteiger partial charge on any atom is 0.413 e. The molecule has 0 radical (unpaired) electrons. The van der Waals surface area contributed by atoms with Gasteiger partial charge in [-0.05, 0) is 6.42 Å². The van der Waals surface area contributed by atoms with Crippen LogP contribution in [0.5, 0.6) is 0 Å². The minimum absolute atomic E-state index is 0.477. The van der Waals surface area contributed by atoms with Crippen LogP contribution in [0.15, 0.2) is 0 Å². The van der Waals surface area contributed by atoms with Crippen LogP contribution in [0.3, 0.4) is 0 Å². The van der Waals surface area contributed by atoms with Crippen molar-refractivity contribution in [2.75, 3.05) is 13.2 Å². The monoisotopic (exact) mass is 351 g/mol. The molecule has 14 heteroatoms. The lowest BCUT2D eigenvalue weighted by molar-refractivity contribution is -0.155. The van der Waals surface area contributed by atoms with Gasteiger partial charge in [-0.2, -0.15) is 16.8 Å². The molecular formula is C7H17N3O9S2. The van der Waals surface area contributed by atoms with Crippen LogP contribution in [0.2, 0.25) is 0 Å². The number of rotatable bonds is 4. The van der Waals surface area contributed by atoms with Crippen molar-refractivity contribution in [3.05, 3.63) is 0 Å². The molecule has 1 fully saturated rings. The highest BCUT2D eigenvalue weighted by molar-refractivity contribution is 7.94. The van der Waals surface area contributed by atoms with Crippen LogP contribution in [-0.4, -0.2) is 56.8 Å². The molecule has 1 amide bonds. The Morgan fingerprint density at radius 1 is 1.38 bits per heavy atom. The number of ether oxygens (including phenoxy) is 1. The summed E-state index contributed by atoms with van der Waals surface area (Å²) < 4.78 is 60.9. The molecule has 1 aliphatic rings. The van der Waals surface area contributed by atoms with Gasteiger partial charge in [-0.3, -0.25) is 19.2 Å². The van der Waals surface area contributed by atoms with E-state index in [1.54, 1.807) is 0 Å². The maximum absolute atomic E-state index is 11.1. The van der Waals surface area contributed by atoms with Crippen LogP contribution in [0.25, 0.3) is 0 Å². The molecule has 0 aromatic heterocycles. The summed E-state index contributed by atoms with van der Waals surface area (Å²) in [7, 11) is -10.2. The second kappa shape index (κ2) is 7.41. The van der Waals surface area contributed by atoms with Gasteiger partial charge in [0.2, 0.25) is 0 Å². The van der Waals surface area contributed by atoms with E-state index in [0.29, 0.717) is 19.6 Å². The first-order chi connectivity index (χ1) is 9.34. The highest BCUT2D eigenvalue weighted by Crippen LogP contribution is 2.20. The van der Waals surface area contributed by atoms with E-state index in [-0.39, 0.29) is 0 Å². The number of carbonyl (C=O) groups is 1. The smallest absolute Gasteiger partial charge is 0.367 e. The van der Waals surface area contributed by atoms with Gasteiger partial charge in [-0.15, -0.1) is 3.63 Å². The molecule has 21 heavy (non-hydrogen) atoms. The molecule has 0 bridgehead atoms. The molecule has 2 atom stereocenters. The Balaban J connectivity index is 0.000000400. The fourth-order valence-corrected chi connectivity index (χ4v) is 2.40. The van der Waals surface area contributed by atoms with Gasteiger partial charge in [-0.1, -0.05) is 6.92 Å². The first-order valence-corrected chi connectivity index (χ1v) is 8.16. The average molecular weight is 351 g/mol. The first kappa shape index (κ1) is 20.1. The molecule has 0 spiro atoms. The molecule has 1 rings (SSSR count). The van der Waals surface area contributed by atoms with Crippen molar-refractivity contribution in [1.82, 2.24) is 5.32 Å². The van der Waals surface area contributed by atoms with E-state index in [1.807, 2.05) is 6.92 Å². The van der Waals surface area contributed by atoms with Crippen molar-refractivity contribution < 1.29 is 39.1 Å². The van der Waals surface area contributed by atoms with E-state index in [1.165, 1.54) is 0 Å². The van der Waals surface area contributed by atoms with Gasteiger partial charge in [0.05, 0.1) is 12.8 Å². The predicted octanol–water partition coefficient (Wildman–Crippen LogP) is -2.87. The van der Waals surface area contributed by atoms with E-state index in [4.69, 9.17) is 25.3 Å². The third-order valence-corrected chi connectivity index (χ3v) is 3.82. The Kier molecular flexibility index (Phi) is 7.10. The van der Waals surface area contributed by atoms with Crippen molar-refractivity contribution in [3.8, 4) is 0 Å². The quantitative estimate of drug-likeness (QED) is 0.325. The van der Waals surface area contributed by atoms with Gasteiger partial charge in [0, 0.05) is 6.54 Å². The number of morpholine rings is 1. The molecule has 126 valence electrons. The summed E-state index contributed by atoms with van der Waals surface area (Å²) in [6.07, 6.45) is 0.00463. The highest BCUT2D eigenvalue weighted by atomic mass is 32.3. The van der Waals surface area contributed by atoms with E-state index < -0.39 is 38.5 Å². The summed E-state index contributed by atoms with van der Waals surface area (Å²) in [6.45, 7) is 2.97.